The second-order valence-electron chi connectivity index (χ2n) is 5.06. The Morgan fingerprint density at radius 2 is 2.00 bits per heavy atom. The van der Waals surface area contributed by atoms with E-state index in [4.69, 9.17) is 14.7 Å². The first kappa shape index (κ1) is 19.9. The molecule has 0 spiro atoms. The monoisotopic (exact) mass is 392 g/mol. The second kappa shape index (κ2) is 7.87. The number of hydrogen-bond acceptors (Lipinski definition) is 6. The molecule has 26 heavy (non-hydrogen) atoms. The quantitative estimate of drug-likeness (QED) is 0.346. The Bertz CT molecular complexity index is 739. The maximum absolute atomic E-state index is 12.8. The minimum atomic E-state index is -4.60. The molecule has 0 unspecified atom stereocenters. The molecule has 1 aromatic rings. The molecule has 0 bridgehead atoms. The molecular formula is C15H15F3N2O5S. The highest BCUT2D eigenvalue weighted by atomic mass is 32.2. The lowest BCUT2D eigenvalue weighted by atomic mass is 10.1. The first-order valence-corrected chi connectivity index (χ1v) is 7.96. The molecule has 2 N–H and O–H groups in total. The van der Waals surface area contributed by atoms with Crippen molar-refractivity contribution in [2.45, 2.75) is 16.4 Å². The van der Waals surface area contributed by atoms with Gasteiger partial charge in [-0.15, -0.1) is 0 Å². The Hall–Kier alpha value is -2.40. The zero-order valence-electron chi connectivity index (χ0n) is 13.7. The molecule has 0 aliphatic carbocycles. The van der Waals surface area contributed by atoms with E-state index in [1.54, 1.807) is 0 Å². The van der Waals surface area contributed by atoms with Crippen LogP contribution in [0.3, 0.4) is 0 Å². The van der Waals surface area contributed by atoms with E-state index in [2.05, 4.69) is 0 Å². The normalized spacial score (nSPS) is 16.5. The number of carbonyl (C=O) groups is 2. The van der Waals surface area contributed by atoms with Crippen molar-refractivity contribution in [3.8, 4) is 11.5 Å². The van der Waals surface area contributed by atoms with Gasteiger partial charge < -0.3 is 14.4 Å². The largest absolute Gasteiger partial charge is 0.493 e. The molecule has 1 aliphatic rings. The highest BCUT2D eigenvalue weighted by Gasteiger charge is 2.35. The first-order chi connectivity index (χ1) is 12.2. The van der Waals surface area contributed by atoms with Gasteiger partial charge in [0.25, 0.3) is 11.8 Å². The van der Waals surface area contributed by atoms with Crippen molar-refractivity contribution in [3.05, 3.63) is 29.8 Å². The third kappa shape index (κ3) is 4.22. The smallest absolute Gasteiger partial charge is 0.446 e. The van der Waals surface area contributed by atoms with Gasteiger partial charge in [-0.3, -0.25) is 14.8 Å². The summed E-state index contributed by atoms with van der Waals surface area (Å²) in [7, 11) is 2.42. The number of benzene rings is 1. The van der Waals surface area contributed by atoms with Crippen LogP contribution in [0.5, 0.6) is 11.5 Å². The zero-order valence-corrected chi connectivity index (χ0v) is 14.5. The molecule has 0 radical (unpaired) electrons. The molecule has 0 saturated heterocycles. The van der Waals surface area contributed by atoms with Crippen molar-refractivity contribution >= 4 is 23.6 Å². The van der Waals surface area contributed by atoms with E-state index < -0.39 is 35.1 Å². The summed E-state index contributed by atoms with van der Waals surface area (Å²) in [5, 5.41) is 8.75. The molecule has 1 atom stereocenters. The van der Waals surface area contributed by atoms with Gasteiger partial charge in [0, 0.05) is 12.1 Å². The summed E-state index contributed by atoms with van der Waals surface area (Å²) in [4.78, 5) is 25.1. The number of methoxy groups -OCH3 is 2. The fraction of sp³-hybridized carbons (Fsp3) is 0.333. The predicted molar refractivity (Wildman–Crippen MR) is 85.4 cm³/mol. The maximum atomic E-state index is 12.8. The average molecular weight is 392 g/mol. The number of nitrogens with one attached hydrogen (secondary N) is 1. The van der Waals surface area contributed by atoms with Crippen LogP contribution in [-0.2, 0) is 4.79 Å². The molecular weight excluding hydrogens is 377 g/mol. The number of carbonyl (C=O) groups excluding carboxylic acids is 2. The number of ether oxygens (including phenoxy) is 2. The number of hydrogen-bond donors (Lipinski definition) is 2. The SMILES string of the molecule is COc1cc(C(=O)N2CC=C[C@@H]2C(=O)NO)cc(SC(F)(F)F)c1OC. The maximum Gasteiger partial charge on any atom is 0.446 e. The molecule has 142 valence electrons. The molecule has 0 fully saturated rings. The van der Waals surface area contributed by atoms with Crippen molar-refractivity contribution < 1.29 is 37.4 Å². The number of halogens is 3. The summed E-state index contributed by atoms with van der Waals surface area (Å²) in [6.07, 6.45) is 2.93. The molecule has 11 heteroatoms. The minimum absolute atomic E-state index is 0.0552. The Balaban J connectivity index is 2.44. The standard InChI is InChI=1S/C15H15F3N2O5S/c1-24-10-6-8(7-11(12(10)25-2)26-15(16,17)18)14(22)20-5-3-4-9(20)13(21)19-23/h3-4,6-7,9,23H,5H2,1-2H3,(H,19,21)/t9-/m1/s1. The molecule has 1 heterocycles. The van der Waals surface area contributed by atoms with Gasteiger partial charge in [0.05, 0.1) is 19.1 Å². The lowest BCUT2D eigenvalue weighted by Crippen LogP contribution is -2.45. The third-order valence-electron chi connectivity index (χ3n) is 3.51. The van der Waals surface area contributed by atoms with E-state index in [-0.39, 0.29) is 28.5 Å². The molecule has 1 aliphatic heterocycles. The van der Waals surface area contributed by atoms with Gasteiger partial charge in [0.2, 0.25) is 0 Å². The minimum Gasteiger partial charge on any atom is -0.493 e. The average Bonchev–Trinajstić information content (AvgIpc) is 3.07. The van der Waals surface area contributed by atoms with E-state index in [0.717, 1.165) is 11.0 Å². The number of amides is 2. The van der Waals surface area contributed by atoms with Gasteiger partial charge in [0.1, 0.15) is 6.04 Å². The summed E-state index contributed by atoms with van der Waals surface area (Å²) < 4.78 is 48.5. The number of alkyl halides is 3. The molecule has 1 aromatic carbocycles. The number of thioether (sulfide) groups is 1. The summed E-state index contributed by atoms with van der Waals surface area (Å²) >= 11 is -0.443. The van der Waals surface area contributed by atoms with Gasteiger partial charge >= 0.3 is 5.51 Å². The Morgan fingerprint density at radius 3 is 2.54 bits per heavy atom. The van der Waals surface area contributed by atoms with E-state index >= 15 is 0 Å². The van der Waals surface area contributed by atoms with Crippen molar-refractivity contribution in [2.24, 2.45) is 0 Å². The second-order valence-corrected chi connectivity index (χ2v) is 6.17. The lowest BCUT2D eigenvalue weighted by molar-refractivity contribution is -0.132. The highest BCUT2D eigenvalue weighted by Crippen LogP contribution is 2.46. The fourth-order valence-electron chi connectivity index (χ4n) is 2.44. The van der Waals surface area contributed by atoms with Gasteiger partial charge in [-0.2, -0.15) is 13.2 Å². The lowest BCUT2D eigenvalue weighted by Gasteiger charge is -2.24. The van der Waals surface area contributed by atoms with Crippen LogP contribution in [-0.4, -0.2) is 54.2 Å². The van der Waals surface area contributed by atoms with Crippen LogP contribution < -0.4 is 15.0 Å². The summed E-state index contributed by atoms with van der Waals surface area (Å²) in [6, 6.07) is 1.18. The van der Waals surface area contributed by atoms with Gasteiger partial charge in [0.15, 0.2) is 11.5 Å². The zero-order chi connectivity index (χ0) is 19.5. The van der Waals surface area contributed by atoms with Gasteiger partial charge in [-0.25, -0.2) is 5.48 Å². The molecule has 0 saturated carbocycles. The van der Waals surface area contributed by atoms with Crippen molar-refractivity contribution in [3.63, 3.8) is 0 Å². The Morgan fingerprint density at radius 1 is 1.31 bits per heavy atom. The molecule has 0 aromatic heterocycles. The number of rotatable bonds is 5. The number of hydroxylamine groups is 1. The van der Waals surface area contributed by atoms with E-state index in [1.807, 2.05) is 0 Å². The molecule has 2 rings (SSSR count). The van der Waals surface area contributed by atoms with Crippen LogP contribution in [0.1, 0.15) is 10.4 Å². The fourth-order valence-corrected chi connectivity index (χ4v) is 3.16. The Labute approximate surface area is 150 Å². The van der Waals surface area contributed by atoms with Crippen LogP contribution in [0.25, 0.3) is 0 Å². The van der Waals surface area contributed by atoms with Crippen LogP contribution in [0.2, 0.25) is 0 Å². The van der Waals surface area contributed by atoms with Gasteiger partial charge in [-0.1, -0.05) is 12.2 Å². The highest BCUT2D eigenvalue weighted by molar-refractivity contribution is 8.00. The van der Waals surface area contributed by atoms with Crippen LogP contribution >= 0.6 is 11.8 Å². The van der Waals surface area contributed by atoms with Crippen LogP contribution in [0, 0.1) is 0 Å². The summed E-state index contributed by atoms with van der Waals surface area (Å²) in [5.74, 6) is -1.75. The summed E-state index contributed by atoms with van der Waals surface area (Å²) in [5.41, 5.74) is -3.27. The Kier molecular flexibility index (Phi) is 6.03. The topological polar surface area (TPSA) is 88.1 Å². The summed E-state index contributed by atoms with van der Waals surface area (Å²) in [6.45, 7) is 0.0625. The molecule has 7 nitrogen and oxygen atoms in total. The third-order valence-corrected chi connectivity index (χ3v) is 4.27. The molecule has 2 amide bonds. The van der Waals surface area contributed by atoms with E-state index in [1.165, 1.54) is 37.9 Å². The van der Waals surface area contributed by atoms with E-state index in [9.17, 15) is 22.8 Å². The van der Waals surface area contributed by atoms with Crippen molar-refractivity contribution in [1.82, 2.24) is 10.4 Å². The van der Waals surface area contributed by atoms with Gasteiger partial charge in [-0.05, 0) is 23.9 Å². The van der Waals surface area contributed by atoms with Crippen LogP contribution in [0.4, 0.5) is 13.2 Å². The predicted octanol–water partition coefficient (Wildman–Crippen LogP) is 2.20. The first-order valence-electron chi connectivity index (χ1n) is 7.15. The van der Waals surface area contributed by atoms with Crippen molar-refractivity contribution in [1.29, 1.82) is 0 Å². The van der Waals surface area contributed by atoms with Crippen molar-refractivity contribution in [2.75, 3.05) is 20.8 Å². The van der Waals surface area contributed by atoms with Crippen LogP contribution in [0.15, 0.2) is 29.2 Å². The number of nitrogens with zero attached hydrogens (tertiary/aromatic N) is 1. The van der Waals surface area contributed by atoms with E-state index in [0.29, 0.717) is 0 Å².